The van der Waals surface area contributed by atoms with Crippen molar-refractivity contribution in [1.82, 2.24) is 15.3 Å². The van der Waals surface area contributed by atoms with Crippen LogP contribution in [-0.2, 0) is 6.54 Å². The molecule has 0 fully saturated rings. The number of aryl methyl sites for hydroxylation is 2. The Kier molecular flexibility index (Phi) is 6.09. The van der Waals surface area contributed by atoms with Crippen LogP contribution in [0.15, 0.2) is 42.5 Å². The minimum absolute atomic E-state index is 0.267. The average Bonchev–Trinajstić information content (AvgIpc) is 2.66. The van der Waals surface area contributed by atoms with E-state index in [0.717, 1.165) is 23.4 Å². The van der Waals surface area contributed by atoms with Crippen LogP contribution in [0, 0.1) is 25.2 Å². The van der Waals surface area contributed by atoms with E-state index < -0.39 is 0 Å². The lowest BCUT2D eigenvalue weighted by Crippen LogP contribution is -2.05. The number of nitriles is 1. The molecule has 28 heavy (non-hydrogen) atoms. The van der Waals surface area contributed by atoms with E-state index in [2.05, 4.69) is 26.7 Å². The van der Waals surface area contributed by atoms with Crippen LogP contribution in [0.2, 0.25) is 5.15 Å². The summed E-state index contributed by atoms with van der Waals surface area (Å²) in [6, 6.07) is 15.2. The fraction of sp³-hybridized carbons (Fsp3) is 0.190. The van der Waals surface area contributed by atoms with Gasteiger partial charge in [0.25, 0.3) is 0 Å². The molecule has 0 aliphatic carbocycles. The number of ether oxygens (including phenoxy) is 1. The molecule has 0 amide bonds. The van der Waals surface area contributed by atoms with Crippen LogP contribution in [0.3, 0.4) is 0 Å². The molecule has 0 saturated heterocycles. The van der Waals surface area contributed by atoms with Crippen LogP contribution in [0.1, 0.15) is 22.3 Å². The predicted octanol–water partition coefficient (Wildman–Crippen LogP) is 4.87. The van der Waals surface area contributed by atoms with Crippen molar-refractivity contribution in [3.05, 3.63) is 69.9 Å². The summed E-state index contributed by atoms with van der Waals surface area (Å²) in [4.78, 5) is 8.61. The summed E-state index contributed by atoms with van der Waals surface area (Å²) in [5, 5.41) is 15.6. The first kappa shape index (κ1) is 19.6. The van der Waals surface area contributed by atoms with Crippen LogP contribution in [0.4, 0.5) is 11.6 Å². The van der Waals surface area contributed by atoms with Crippen LogP contribution >= 0.6 is 11.6 Å². The Bertz CT molecular complexity index is 1000. The second-order valence-electron chi connectivity index (χ2n) is 6.36. The smallest absolute Gasteiger partial charge is 0.231 e. The fourth-order valence-electron chi connectivity index (χ4n) is 2.82. The molecular weight excluding hydrogens is 374 g/mol. The van der Waals surface area contributed by atoms with Crippen molar-refractivity contribution in [2.75, 3.05) is 12.4 Å². The number of hydrogen-bond donors (Lipinski definition) is 2. The lowest BCUT2D eigenvalue weighted by molar-refractivity contribution is 0.455. The lowest BCUT2D eigenvalue weighted by Gasteiger charge is -2.13. The van der Waals surface area contributed by atoms with Gasteiger partial charge < -0.3 is 15.4 Å². The topological polar surface area (TPSA) is 82.9 Å². The third kappa shape index (κ3) is 4.77. The molecule has 1 aromatic heterocycles. The second-order valence-corrected chi connectivity index (χ2v) is 6.75. The molecule has 0 bridgehead atoms. The van der Waals surface area contributed by atoms with E-state index in [-0.39, 0.29) is 5.15 Å². The Morgan fingerprint density at radius 2 is 1.75 bits per heavy atom. The quantitative estimate of drug-likeness (QED) is 0.581. The van der Waals surface area contributed by atoms with E-state index in [0.29, 0.717) is 23.1 Å². The summed E-state index contributed by atoms with van der Waals surface area (Å²) in [6.45, 7) is 4.57. The number of aromatic nitrogens is 2. The Morgan fingerprint density at radius 3 is 2.36 bits per heavy atom. The maximum atomic E-state index is 9.09. The van der Waals surface area contributed by atoms with Crippen LogP contribution in [-0.4, -0.2) is 17.0 Å². The maximum absolute atomic E-state index is 9.09. The van der Waals surface area contributed by atoms with E-state index in [1.165, 1.54) is 5.56 Å². The molecule has 0 saturated carbocycles. The number of halogens is 1. The molecule has 3 rings (SSSR count). The van der Waals surface area contributed by atoms with Crippen molar-refractivity contribution in [2.45, 2.75) is 20.4 Å². The van der Waals surface area contributed by atoms with Gasteiger partial charge in [-0.2, -0.15) is 10.2 Å². The monoisotopic (exact) mass is 393 g/mol. The summed E-state index contributed by atoms with van der Waals surface area (Å²) in [5.41, 5.74) is 4.31. The van der Waals surface area contributed by atoms with Gasteiger partial charge in [0.2, 0.25) is 11.8 Å². The van der Waals surface area contributed by atoms with E-state index >= 15 is 0 Å². The van der Waals surface area contributed by atoms with Gasteiger partial charge in [-0.3, -0.25) is 0 Å². The number of nitrogens with zero attached hydrogens (tertiary/aromatic N) is 3. The van der Waals surface area contributed by atoms with Gasteiger partial charge >= 0.3 is 0 Å². The second kappa shape index (κ2) is 8.70. The minimum atomic E-state index is 0.267. The Balaban J connectivity index is 1.83. The Morgan fingerprint density at radius 1 is 1.07 bits per heavy atom. The molecule has 3 aromatic rings. The number of rotatable bonds is 6. The molecular formula is C21H20ClN5O. The third-order valence-electron chi connectivity index (χ3n) is 4.06. The van der Waals surface area contributed by atoms with Crippen molar-refractivity contribution in [2.24, 2.45) is 0 Å². The molecule has 6 nitrogen and oxygen atoms in total. The van der Waals surface area contributed by atoms with Gasteiger partial charge in [0, 0.05) is 18.3 Å². The molecule has 7 heteroatoms. The predicted molar refractivity (Wildman–Crippen MR) is 110 cm³/mol. The summed E-state index contributed by atoms with van der Waals surface area (Å²) in [6.07, 6.45) is 0. The zero-order valence-corrected chi connectivity index (χ0v) is 16.6. The molecule has 142 valence electrons. The largest absolute Gasteiger partial charge is 0.438 e. The highest BCUT2D eigenvalue weighted by Gasteiger charge is 2.11. The van der Waals surface area contributed by atoms with Crippen LogP contribution < -0.4 is 15.4 Å². The molecule has 0 aliphatic rings. The molecule has 0 spiro atoms. The highest BCUT2D eigenvalue weighted by molar-refractivity contribution is 6.29. The fourth-order valence-corrected chi connectivity index (χ4v) is 3.00. The summed E-state index contributed by atoms with van der Waals surface area (Å²) < 4.78 is 5.96. The summed E-state index contributed by atoms with van der Waals surface area (Å²) in [5.74, 6) is 1.31. The molecule has 0 unspecified atom stereocenters. The van der Waals surface area contributed by atoms with Crippen molar-refractivity contribution >= 4 is 23.2 Å². The van der Waals surface area contributed by atoms with Gasteiger partial charge in [-0.05, 0) is 61.9 Å². The highest BCUT2D eigenvalue weighted by atomic mass is 35.5. The number of anilines is 2. The number of hydrogen-bond acceptors (Lipinski definition) is 6. The van der Waals surface area contributed by atoms with Gasteiger partial charge in [-0.25, -0.2) is 4.98 Å². The number of nitrogens with one attached hydrogen (secondary N) is 2. The van der Waals surface area contributed by atoms with E-state index in [1.807, 2.05) is 45.2 Å². The van der Waals surface area contributed by atoms with Crippen molar-refractivity contribution in [3.63, 3.8) is 0 Å². The lowest BCUT2D eigenvalue weighted by atomic mass is 10.1. The zero-order valence-electron chi connectivity index (χ0n) is 15.9. The van der Waals surface area contributed by atoms with Crippen molar-refractivity contribution < 1.29 is 4.74 Å². The first-order valence-corrected chi connectivity index (χ1v) is 9.10. The molecule has 0 aliphatic heterocycles. The van der Waals surface area contributed by atoms with Crippen molar-refractivity contribution in [1.29, 1.82) is 5.26 Å². The third-order valence-corrected chi connectivity index (χ3v) is 4.25. The van der Waals surface area contributed by atoms with Gasteiger partial charge in [0.1, 0.15) is 10.9 Å². The maximum Gasteiger partial charge on any atom is 0.231 e. The first-order valence-electron chi connectivity index (χ1n) is 8.73. The van der Waals surface area contributed by atoms with E-state index in [4.69, 9.17) is 21.6 Å². The average molecular weight is 394 g/mol. The first-order chi connectivity index (χ1) is 13.5. The summed E-state index contributed by atoms with van der Waals surface area (Å²) >= 11 is 6.15. The zero-order chi connectivity index (χ0) is 20.1. The molecule has 2 N–H and O–H groups in total. The highest BCUT2D eigenvalue weighted by Crippen LogP contribution is 2.30. The Hall–Kier alpha value is -3.14. The summed E-state index contributed by atoms with van der Waals surface area (Å²) in [7, 11) is 1.91. The van der Waals surface area contributed by atoms with Crippen LogP contribution in [0.25, 0.3) is 0 Å². The molecule has 1 heterocycles. The van der Waals surface area contributed by atoms with Gasteiger partial charge in [0.05, 0.1) is 11.6 Å². The molecule has 0 radical (unpaired) electrons. The minimum Gasteiger partial charge on any atom is -0.438 e. The Labute approximate surface area is 169 Å². The van der Waals surface area contributed by atoms with Crippen LogP contribution in [0.5, 0.6) is 11.6 Å². The standard InChI is InChI=1S/C21H20ClN5O/c1-13-8-16(11-23)9-14(2)20(13)28-19-10-18(22)26-21(27-19)25-17-6-4-15(5-7-17)12-24-3/h4-10,24H,12H2,1-3H3,(H,25,26,27). The number of benzene rings is 2. The van der Waals surface area contributed by atoms with Gasteiger partial charge in [0.15, 0.2) is 0 Å². The van der Waals surface area contributed by atoms with E-state index in [1.54, 1.807) is 18.2 Å². The van der Waals surface area contributed by atoms with Gasteiger partial charge in [-0.1, -0.05) is 23.7 Å². The van der Waals surface area contributed by atoms with Gasteiger partial charge in [-0.15, -0.1) is 0 Å². The van der Waals surface area contributed by atoms with E-state index in [9.17, 15) is 0 Å². The van der Waals surface area contributed by atoms with Crippen molar-refractivity contribution in [3.8, 4) is 17.7 Å². The molecule has 0 atom stereocenters. The normalized spacial score (nSPS) is 10.4. The molecule has 2 aromatic carbocycles. The SMILES string of the molecule is CNCc1ccc(Nc2nc(Cl)cc(Oc3c(C)cc(C#N)cc3C)n2)cc1.